The highest BCUT2D eigenvalue weighted by molar-refractivity contribution is 5.94. The first kappa shape index (κ1) is 21.1. The Morgan fingerprint density at radius 3 is 2.57 bits per heavy atom. The van der Waals surface area contributed by atoms with Crippen LogP contribution < -0.4 is 10.2 Å². The maximum Gasteiger partial charge on any atom is 0.433 e. The van der Waals surface area contributed by atoms with Crippen molar-refractivity contribution < 1.29 is 23.7 Å². The Bertz CT molecular complexity index is 926. The third-order valence-corrected chi connectivity index (χ3v) is 4.82. The number of carbonyl (C=O) groups is 2. The monoisotopic (exact) mass is 413 g/mol. The van der Waals surface area contributed by atoms with Crippen LogP contribution in [-0.2, 0) is 14.3 Å². The van der Waals surface area contributed by atoms with Crippen LogP contribution in [0.15, 0.2) is 46.9 Å². The highest BCUT2D eigenvalue weighted by Gasteiger charge is 2.16. The number of nitro groups is 1. The van der Waals surface area contributed by atoms with Gasteiger partial charge in [-0.25, -0.2) is 4.79 Å². The van der Waals surface area contributed by atoms with E-state index < -0.39 is 29.3 Å². The topological polar surface area (TPSA) is 115 Å². The van der Waals surface area contributed by atoms with Gasteiger partial charge in [-0.1, -0.05) is 6.92 Å². The lowest BCUT2D eigenvalue weighted by atomic mass is 9.99. The second kappa shape index (κ2) is 9.73. The molecule has 1 aliphatic heterocycles. The number of rotatable bonds is 7. The van der Waals surface area contributed by atoms with Crippen molar-refractivity contribution in [3.05, 3.63) is 58.3 Å². The highest BCUT2D eigenvalue weighted by Crippen LogP contribution is 2.24. The van der Waals surface area contributed by atoms with Gasteiger partial charge in [-0.2, -0.15) is 0 Å². The fourth-order valence-electron chi connectivity index (χ4n) is 3.08. The minimum absolute atomic E-state index is 0.131. The molecule has 30 heavy (non-hydrogen) atoms. The van der Waals surface area contributed by atoms with Crippen molar-refractivity contribution in [2.45, 2.75) is 19.8 Å². The quantitative estimate of drug-likeness (QED) is 0.319. The van der Waals surface area contributed by atoms with E-state index >= 15 is 0 Å². The maximum absolute atomic E-state index is 12.0. The van der Waals surface area contributed by atoms with Crippen LogP contribution in [0, 0.1) is 16.0 Å². The molecule has 1 fully saturated rings. The molecule has 0 radical (unpaired) electrons. The van der Waals surface area contributed by atoms with Gasteiger partial charge in [0, 0.05) is 30.5 Å². The molecule has 3 rings (SSSR count). The molecule has 9 heteroatoms. The van der Waals surface area contributed by atoms with Crippen molar-refractivity contribution in [3.8, 4) is 0 Å². The zero-order valence-corrected chi connectivity index (χ0v) is 16.6. The molecule has 0 bridgehead atoms. The summed E-state index contributed by atoms with van der Waals surface area (Å²) in [7, 11) is 0. The van der Waals surface area contributed by atoms with Crippen LogP contribution >= 0.6 is 0 Å². The van der Waals surface area contributed by atoms with Gasteiger partial charge in [0.25, 0.3) is 5.91 Å². The van der Waals surface area contributed by atoms with Crippen LogP contribution in [0.5, 0.6) is 0 Å². The average Bonchev–Trinajstić information content (AvgIpc) is 3.21. The lowest BCUT2D eigenvalue weighted by molar-refractivity contribution is -0.402. The SMILES string of the molecule is CC1CCN(c2ccc(NC(=O)COC(=O)/C=C/c3ccc([N+](=O)[O-])o3)cc2)CC1. The van der Waals surface area contributed by atoms with Gasteiger partial charge in [-0.05, 0) is 55.2 Å². The van der Waals surface area contributed by atoms with E-state index in [-0.39, 0.29) is 5.76 Å². The van der Waals surface area contributed by atoms with E-state index in [1.807, 2.05) is 24.3 Å². The normalized spacial score (nSPS) is 14.6. The zero-order valence-electron chi connectivity index (χ0n) is 16.6. The summed E-state index contributed by atoms with van der Waals surface area (Å²) >= 11 is 0. The van der Waals surface area contributed by atoms with Crippen molar-refractivity contribution in [1.29, 1.82) is 0 Å². The Hall–Kier alpha value is -3.62. The number of esters is 1. The summed E-state index contributed by atoms with van der Waals surface area (Å²) in [4.78, 5) is 35.8. The van der Waals surface area contributed by atoms with Crippen molar-refractivity contribution >= 4 is 35.2 Å². The molecular formula is C21H23N3O6. The number of amides is 1. The Morgan fingerprint density at radius 2 is 1.93 bits per heavy atom. The first-order chi connectivity index (χ1) is 14.4. The number of furan rings is 1. The molecule has 0 atom stereocenters. The molecule has 2 heterocycles. The molecule has 1 N–H and O–H groups in total. The van der Waals surface area contributed by atoms with Gasteiger partial charge in [0.1, 0.15) is 10.7 Å². The minimum atomic E-state index is -0.765. The molecule has 158 valence electrons. The number of piperidine rings is 1. The van der Waals surface area contributed by atoms with E-state index in [9.17, 15) is 19.7 Å². The first-order valence-electron chi connectivity index (χ1n) is 9.64. The Kier molecular flexibility index (Phi) is 6.84. The number of hydrogen-bond donors (Lipinski definition) is 1. The van der Waals surface area contributed by atoms with Gasteiger partial charge >= 0.3 is 11.9 Å². The Balaban J connectivity index is 1.43. The summed E-state index contributed by atoms with van der Waals surface area (Å²) in [5.41, 5.74) is 1.73. The Labute approximate surface area is 173 Å². The van der Waals surface area contributed by atoms with Crippen LogP contribution in [0.4, 0.5) is 17.3 Å². The first-order valence-corrected chi connectivity index (χ1v) is 9.64. The van der Waals surface area contributed by atoms with Crippen molar-refractivity contribution in [1.82, 2.24) is 0 Å². The summed E-state index contributed by atoms with van der Waals surface area (Å²) in [6.07, 6.45) is 4.61. The third-order valence-electron chi connectivity index (χ3n) is 4.82. The van der Waals surface area contributed by atoms with Gasteiger partial charge in [0.05, 0.1) is 6.07 Å². The molecule has 1 aliphatic rings. The summed E-state index contributed by atoms with van der Waals surface area (Å²) in [6.45, 7) is 3.87. The number of carbonyl (C=O) groups excluding carboxylic acids is 2. The molecule has 0 unspecified atom stereocenters. The molecule has 0 aliphatic carbocycles. The predicted molar refractivity (Wildman–Crippen MR) is 111 cm³/mol. The fraction of sp³-hybridized carbons (Fsp3) is 0.333. The molecule has 1 aromatic carbocycles. The number of anilines is 2. The van der Waals surface area contributed by atoms with Crippen molar-refractivity contribution in [2.75, 3.05) is 29.9 Å². The standard InChI is InChI=1S/C21H23N3O6/c1-15-10-12-23(13-11-15)17-4-2-16(3-5-17)22-19(25)14-29-21(26)9-7-18-6-8-20(30-18)24(27)28/h2-9,15H,10-14H2,1H3,(H,22,25)/b9-7+. The summed E-state index contributed by atoms with van der Waals surface area (Å²) in [5.74, 6) is -0.770. The second-order valence-electron chi connectivity index (χ2n) is 7.14. The molecule has 0 saturated carbocycles. The zero-order chi connectivity index (χ0) is 21.5. The van der Waals surface area contributed by atoms with E-state index in [1.165, 1.54) is 31.1 Å². The van der Waals surface area contributed by atoms with E-state index in [0.717, 1.165) is 30.8 Å². The number of ether oxygens (including phenoxy) is 1. The summed E-state index contributed by atoms with van der Waals surface area (Å²) in [5, 5.41) is 13.2. The second-order valence-corrected chi connectivity index (χ2v) is 7.14. The maximum atomic E-state index is 12.0. The van der Waals surface area contributed by atoms with Gasteiger partial charge in [-0.3, -0.25) is 14.9 Å². The molecule has 1 saturated heterocycles. The third kappa shape index (κ3) is 5.94. The number of nitrogens with one attached hydrogen (secondary N) is 1. The molecule has 0 spiro atoms. The number of hydrogen-bond acceptors (Lipinski definition) is 7. The summed E-state index contributed by atoms with van der Waals surface area (Å²) < 4.78 is 9.74. The average molecular weight is 413 g/mol. The number of nitrogens with zero attached hydrogens (tertiary/aromatic N) is 2. The smallest absolute Gasteiger partial charge is 0.433 e. The predicted octanol–water partition coefficient (Wildman–Crippen LogP) is 3.62. The lowest BCUT2D eigenvalue weighted by Crippen LogP contribution is -2.32. The largest absolute Gasteiger partial charge is 0.452 e. The van der Waals surface area contributed by atoms with E-state index in [4.69, 9.17) is 9.15 Å². The van der Waals surface area contributed by atoms with E-state index in [0.29, 0.717) is 5.69 Å². The lowest BCUT2D eigenvalue weighted by Gasteiger charge is -2.32. The molecule has 9 nitrogen and oxygen atoms in total. The van der Waals surface area contributed by atoms with Crippen LogP contribution in [0.1, 0.15) is 25.5 Å². The van der Waals surface area contributed by atoms with Gasteiger partial charge in [0.15, 0.2) is 6.61 Å². The van der Waals surface area contributed by atoms with Gasteiger partial charge in [0.2, 0.25) is 0 Å². The van der Waals surface area contributed by atoms with Crippen LogP contribution in [-0.4, -0.2) is 36.5 Å². The Morgan fingerprint density at radius 1 is 1.23 bits per heavy atom. The molecule has 2 aromatic rings. The van der Waals surface area contributed by atoms with Crippen molar-refractivity contribution in [2.24, 2.45) is 5.92 Å². The van der Waals surface area contributed by atoms with Crippen LogP contribution in [0.25, 0.3) is 6.08 Å². The van der Waals surface area contributed by atoms with Crippen molar-refractivity contribution in [3.63, 3.8) is 0 Å². The minimum Gasteiger partial charge on any atom is -0.452 e. The van der Waals surface area contributed by atoms with E-state index in [2.05, 4.69) is 17.1 Å². The molecule has 1 amide bonds. The fourth-order valence-corrected chi connectivity index (χ4v) is 3.08. The van der Waals surface area contributed by atoms with Gasteiger partial charge < -0.3 is 19.4 Å². The van der Waals surface area contributed by atoms with Crippen LogP contribution in [0.3, 0.4) is 0 Å². The molecular weight excluding hydrogens is 390 g/mol. The van der Waals surface area contributed by atoms with Crippen LogP contribution in [0.2, 0.25) is 0 Å². The van der Waals surface area contributed by atoms with E-state index in [1.54, 1.807) is 0 Å². The van der Waals surface area contributed by atoms with Gasteiger partial charge in [-0.15, -0.1) is 0 Å². The molecule has 1 aromatic heterocycles. The number of benzene rings is 1. The summed E-state index contributed by atoms with van der Waals surface area (Å²) in [6, 6.07) is 10.1. The highest BCUT2D eigenvalue weighted by atomic mass is 16.6.